The van der Waals surface area contributed by atoms with Gasteiger partial charge in [0.15, 0.2) is 13.6 Å². The van der Waals surface area contributed by atoms with E-state index in [0.29, 0.717) is 23.5 Å². The van der Waals surface area contributed by atoms with Crippen molar-refractivity contribution in [2.45, 2.75) is 6.42 Å². The molecule has 6 heteroatoms. The molecule has 0 aliphatic carbocycles. The predicted octanol–water partition coefficient (Wildman–Crippen LogP) is 2.17. The first-order valence-corrected chi connectivity index (χ1v) is 6.27. The molecule has 0 aliphatic heterocycles. The molecular weight excluding hydrogens is 276 g/mol. The van der Waals surface area contributed by atoms with Crippen LogP contribution in [0.4, 0.5) is 0 Å². The van der Waals surface area contributed by atoms with Gasteiger partial charge in [-0.05, 0) is 18.6 Å². The molecule has 6 nitrogen and oxygen atoms in total. The molecule has 0 atom stereocenters. The first-order valence-electron chi connectivity index (χ1n) is 6.27. The number of hydrogen-bond acceptors (Lipinski definition) is 6. The zero-order chi connectivity index (χ0) is 15.7. The molecule has 0 spiro atoms. The van der Waals surface area contributed by atoms with E-state index in [1.165, 1.54) is 21.3 Å². The van der Waals surface area contributed by atoms with Crippen LogP contribution in [0.2, 0.25) is 0 Å². The minimum atomic E-state index is -0.482. The van der Waals surface area contributed by atoms with Crippen molar-refractivity contribution in [1.29, 1.82) is 0 Å². The van der Waals surface area contributed by atoms with E-state index in [1.807, 2.05) is 0 Å². The summed E-state index contributed by atoms with van der Waals surface area (Å²) >= 11 is 0. The van der Waals surface area contributed by atoms with Crippen LogP contribution in [0.1, 0.15) is 15.9 Å². The summed E-state index contributed by atoms with van der Waals surface area (Å²) in [6.45, 7) is 3.82. The largest absolute Gasteiger partial charge is 0.467 e. The van der Waals surface area contributed by atoms with Gasteiger partial charge >= 0.3 is 5.97 Å². The molecule has 0 aliphatic rings. The maximum Gasteiger partial charge on any atom is 0.338 e. The molecule has 1 aromatic rings. The summed E-state index contributed by atoms with van der Waals surface area (Å²) in [4.78, 5) is 11.7. The Balaban J connectivity index is 3.26. The van der Waals surface area contributed by atoms with Crippen LogP contribution in [-0.2, 0) is 20.6 Å². The van der Waals surface area contributed by atoms with Gasteiger partial charge in [-0.3, -0.25) is 0 Å². The SMILES string of the molecule is C=CCc1c(OCOC)cc(C(=O)OC)cc1OCOC. The smallest absolute Gasteiger partial charge is 0.338 e. The third-order valence-electron chi connectivity index (χ3n) is 2.60. The summed E-state index contributed by atoms with van der Waals surface area (Å²) in [7, 11) is 4.34. The average molecular weight is 296 g/mol. The Morgan fingerprint density at radius 3 is 2.00 bits per heavy atom. The lowest BCUT2D eigenvalue weighted by Crippen LogP contribution is -2.09. The summed E-state index contributed by atoms with van der Waals surface area (Å²) in [6, 6.07) is 3.17. The number of ether oxygens (including phenoxy) is 5. The quantitative estimate of drug-likeness (QED) is 0.395. The molecule has 1 rings (SSSR count). The summed E-state index contributed by atoms with van der Waals surface area (Å²) in [5, 5.41) is 0. The molecule has 0 amide bonds. The van der Waals surface area contributed by atoms with Gasteiger partial charge in [0, 0.05) is 19.8 Å². The first kappa shape index (κ1) is 17.0. The van der Waals surface area contributed by atoms with Crippen molar-refractivity contribution in [2.75, 3.05) is 34.9 Å². The van der Waals surface area contributed by atoms with E-state index in [4.69, 9.17) is 23.7 Å². The fourth-order valence-electron chi connectivity index (χ4n) is 1.70. The van der Waals surface area contributed by atoms with Gasteiger partial charge in [-0.2, -0.15) is 0 Å². The maximum absolute atomic E-state index is 11.7. The number of esters is 1. The average Bonchev–Trinajstić information content (AvgIpc) is 2.51. The van der Waals surface area contributed by atoms with E-state index in [1.54, 1.807) is 18.2 Å². The molecule has 0 saturated heterocycles. The number of carbonyl (C=O) groups excluding carboxylic acids is 1. The molecule has 1 aromatic carbocycles. The van der Waals surface area contributed by atoms with Crippen molar-refractivity contribution in [3.8, 4) is 11.5 Å². The number of benzene rings is 1. The van der Waals surface area contributed by atoms with Crippen LogP contribution in [0, 0.1) is 0 Å². The molecule has 0 radical (unpaired) electrons. The Bertz CT molecular complexity index is 454. The lowest BCUT2D eigenvalue weighted by Gasteiger charge is -2.16. The Hall–Kier alpha value is -2.05. The van der Waals surface area contributed by atoms with Crippen LogP contribution in [0.3, 0.4) is 0 Å². The number of methoxy groups -OCH3 is 3. The number of allylic oxidation sites excluding steroid dienone is 1. The van der Waals surface area contributed by atoms with E-state index in [0.717, 1.165) is 5.56 Å². The summed E-state index contributed by atoms with van der Waals surface area (Å²) in [5.41, 5.74) is 1.08. The van der Waals surface area contributed by atoms with E-state index >= 15 is 0 Å². The molecule has 0 unspecified atom stereocenters. The standard InChI is InChI=1S/C15H20O6/c1-5-6-12-13(20-9-17-2)7-11(15(16)19-4)8-14(12)21-10-18-3/h5,7-8H,1,6,9-10H2,2-4H3. The van der Waals surface area contributed by atoms with Gasteiger partial charge in [0.1, 0.15) is 11.5 Å². The molecule has 0 N–H and O–H groups in total. The molecular formula is C15H20O6. The molecule has 0 saturated carbocycles. The van der Waals surface area contributed by atoms with E-state index in [9.17, 15) is 4.79 Å². The third kappa shape index (κ3) is 4.77. The van der Waals surface area contributed by atoms with Crippen LogP contribution in [-0.4, -0.2) is 40.9 Å². The molecule has 116 valence electrons. The van der Waals surface area contributed by atoms with Crippen molar-refractivity contribution in [1.82, 2.24) is 0 Å². The lowest BCUT2D eigenvalue weighted by molar-refractivity contribution is 0.0439. The summed E-state index contributed by atoms with van der Waals surface area (Å²) in [5.74, 6) is 0.473. The van der Waals surface area contributed by atoms with Gasteiger partial charge < -0.3 is 23.7 Å². The van der Waals surface area contributed by atoms with Gasteiger partial charge in [0.25, 0.3) is 0 Å². The van der Waals surface area contributed by atoms with Gasteiger partial charge in [-0.25, -0.2) is 4.79 Å². The van der Waals surface area contributed by atoms with Crippen LogP contribution >= 0.6 is 0 Å². The van der Waals surface area contributed by atoms with Crippen molar-refractivity contribution < 1.29 is 28.5 Å². The Kier molecular flexibility index (Phi) is 7.28. The molecule has 0 bridgehead atoms. The zero-order valence-corrected chi connectivity index (χ0v) is 12.5. The fraction of sp³-hybridized carbons (Fsp3) is 0.400. The van der Waals surface area contributed by atoms with Crippen LogP contribution < -0.4 is 9.47 Å². The van der Waals surface area contributed by atoms with Crippen molar-refractivity contribution in [3.05, 3.63) is 35.9 Å². The van der Waals surface area contributed by atoms with Crippen LogP contribution in [0.5, 0.6) is 11.5 Å². The van der Waals surface area contributed by atoms with Crippen molar-refractivity contribution >= 4 is 5.97 Å². The molecule has 0 aromatic heterocycles. The van der Waals surface area contributed by atoms with E-state index < -0.39 is 5.97 Å². The monoisotopic (exact) mass is 296 g/mol. The van der Waals surface area contributed by atoms with Gasteiger partial charge in [-0.15, -0.1) is 6.58 Å². The second kappa shape index (κ2) is 8.99. The maximum atomic E-state index is 11.7. The Morgan fingerprint density at radius 2 is 1.62 bits per heavy atom. The fourth-order valence-corrected chi connectivity index (χ4v) is 1.70. The zero-order valence-electron chi connectivity index (χ0n) is 12.5. The first-order chi connectivity index (χ1) is 10.2. The topological polar surface area (TPSA) is 63.2 Å². The van der Waals surface area contributed by atoms with Gasteiger partial charge in [0.05, 0.1) is 12.7 Å². The highest BCUT2D eigenvalue weighted by Crippen LogP contribution is 2.32. The Labute approximate surface area is 124 Å². The van der Waals surface area contributed by atoms with Crippen LogP contribution in [0.15, 0.2) is 24.8 Å². The Morgan fingerprint density at radius 1 is 1.10 bits per heavy atom. The van der Waals surface area contributed by atoms with Gasteiger partial charge in [0.2, 0.25) is 0 Å². The lowest BCUT2D eigenvalue weighted by atomic mass is 10.1. The summed E-state index contributed by atoms with van der Waals surface area (Å²) in [6.07, 6.45) is 2.23. The normalized spacial score (nSPS) is 10.0. The third-order valence-corrected chi connectivity index (χ3v) is 2.60. The van der Waals surface area contributed by atoms with E-state index in [2.05, 4.69) is 6.58 Å². The van der Waals surface area contributed by atoms with Crippen LogP contribution in [0.25, 0.3) is 0 Å². The number of rotatable bonds is 9. The molecule has 0 heterocycles. The predicted molar refractivity (Wildman–Crippen MR) is 76.7 cm³/mol. The van der Waals surface area contributed by atoms with Crippen molar-refractivity contribution in [2.24, 2.45) is 0 Å². The number of hydrogen-bond donors (Lipinski definition) is 0. The number of carbonyl (C=O) groups is 1. The van der Waals surface area contributed by atoms with Gasteiger partial charge in [-0.1, -0.05) is 6.08 Å². The van der Waals surface area contributed by atoms with Crippen molar-refractivity contribution in [3.63, 3.8) is 0 Å². The highest BCUT2D eigenvalue weighted by molar-refractivity contribution is 5.90. The highest BCUT2D eigenvalue weighted by atomic mass is 16.7. The minimum Gasteiger partial charge on any atom is -0.467 e. The minimum absolute atomic E-state index is 0.0541. The molecule has 21 heavy (non-hydrogen) atoms. The second-order valence-corrected chi connectivity index (χ2v) is 4.04. The van der Waals surface area contributed by atoms with E-state index in [-0.39, 0.29) is 13.6 Å². The summed E-state index contributed by atoms with van der Waals surface area (Å²) < 4.78 is 25.5. The second-order valence-electron chi connectivity index (χ2n) is 4.04. The molecule has 0 fully saturated rings. The highest BCUT2D eigenvalue weighted by Gasteiger charge is 2.17.